The normalized spacial score (nSPS) is 12.1. The number of aliphatic imine (C=N–C) groups is 1. The standard InChI is InChI=1S/C17H21F3N4OS/c1-3-14-10-23-15(26-14)11-24-16(21-2)22-8-9-25-13-6-4-12(5-7-13)17(18,19)20/h4-7,10H,3,8-9,11H2,1-2H3,(H2,21,22,24). The number of halogens is 3. The fourth-order valence-corrected chi connectivity index (χ4v) is 2.85. The molecule has 1 heterocycles. The Hall–Kier alpha value is -2.29. The molecule has 5 nitrogen and oxygen atoms in total. The molecule has 2 N–H and O–H groups in total. The van der Waals surface area contributed by atoms with Crippen molar-refractivity contribution in [2.24, 2.45) is 4.99 Å². The summed E-state index contributed by atoms with van der Waals surface area (Å²) in [5.74, 6) is 0.992. The van der Waals surface area contributed by atoms with E-state index in [4.69, 9.17) is 4.74 Å². The summed E-state index contributed by atoms with van der Waals surface area (Å²) in [6.45, 7) is 3.41. The lowest BCUT2D eigenvalue weighted by molar-refractivity contribution is -0.137. The van der Waals surface area contributed by atoms with Crippen molar-refractivity contribution >= 4 is 17.3 Å². The SMILES string of the molecule is CCc1cnc(CNC(=NC)NCCOc2ccc(C(F)(F)F)cc2)s1. The molecule has 0 atom stereocenters. The van der Waals surface area contributed by atoms with Crippen molar-refractivity contribution in [3.8, 4) is 5.75 Å². The highest BCUT2D eigenvalue weighted by atomic mass is 32.1. The summed E-state index contributed by atoms with van der Waals surface area (Å²) >= 11 is 1.65. The quantitative estimate of drug-likeness (QED) is 0.435. The predicted molar refractivity (Wildman–Crippen MR) is 96.6 cm³/mol. The van der Waals surface area contributed by atoms with E-state index in [2.05, 4.69) is 27.5 Å². The fourth-order valence-electron chi connectivity index (χ4n) is 2.05. The third kappa shape index (κ3) is 6.21. The summed E-state index contributed by atoms with van der Waals surface area (Å²) in [5, 5.41) is 7.21. The van der Waals surface area contributed by atoms with E-state index in [1.165, 1.54) is 17.0 Å². The van der Waals surface area contributed by atoms with Crippen LogP contribution < -0.4 is 15.4 Å². The molecule has 9 heteroatoms. The van der Waals surface area contributed by atoms with Crippen LogP contribution in [0.3, 0.4) is 0 Å². The fraction of sp³-hybridized carbons (Fsp3) is 0.412. The van der Waals surface area contributed by atoms with Gasteiger partial charge >= 0.3 is 6.18 Å². The molecule has 0 aliphatic heterocycles. The number of benzene rings is 1. The second-order valence-electron chi connectivity index (χ2n) is 5.30. The molecule has 0 saturated carbocycles. The van der Waals surface area contributed by atoms with Crippen molar-refractivity contribution in [2.75, 3.05) is 20.2 Å². The Bertz CT molecular complexity index is 714. The van der Waals surface area contributed by atoms with Crippen LogP contribution in [0.2, 0.25) is 0 Å². The van der Waals surface area contributed by atoms with Gasteiger partial charge in [0.2, 0.25) is 0 Å². The van der Waals surface area contributed by atoms with E-state index in [0.717, 1.165) is 23.6 Å². The first-order valence-corrected chi connectivity index (χ1v) is 8.92. The molecular formula is C17H21F3N4OS. The first kappa shape index (κ1) is 20.0. The molecule has 26 heavy (non-hydrogen) atoms. The second-order valence-corrected chi connectivity index (χ2v) is 6.50. The van der Waals surface area contributed by atoms with Gasteiger partial charge in [-0.1, -0.05) is 6.92 Å². The molecule has 1 aromatic carbocycles. The number of hydrogen-bond donors (Lipinski definition) is 2. The molecule has 0 fully saturated rings. The molecule has 0 bridgehead atoms. The molecule has 1 aromatic heterocycles. The summed E-state index contributed by atoms with van der Waals surface area (Å²) in [6.07, 6.45) is -1.50. The Labute approximate surface area is 154 Å². The van der Waals surface area contributed by atoms with E-state index >= 15 is 0 Å². The van der Waals surface area contributed by atoms with Gasteiger partial charge in [0, 0.05) is 18.1 Å². The lowest BCUT2D eigenvalue weighted by atomic mass is 10.2. The first-order valence-electron chi connectivity index (χ1n) is 8.10. The smallest absolute Gasteiger partial charge is 0.416 e. The van der Waals surface area contributed by atoms with Gasteiger partial charge in [-0.15, -0.1) is 11.3 Å². The van der Waals surface area contributed by atoms with Crippen LogP contribution in [0.15, 0.2) is 35.5 Å². The molecule has 0 unspecified atom stereocenters. The molecule has 2 rings (SSSR count). The number of aryl methyl sites for hydroxylation is 1. The summed E-state index contributed by atoms with van der Waals surface area (Å²) in [6, 6.07) is 4.62. The molecule has 0 aliphatic rings. The zero-order chi connectivity index (χ0) is 19.0. The van der Waals surface area contributed by atoms with Crippen LogP contribution in [0.1, 0.15) is 22.4 Å². The monoisotopic (exact) mass is 386 g/mol. The zero-order valence-corrected chi connectivity index (χ0v) is 15.4. The number of hydrogen-bond acceptors (Lipinski definition) is 4. The van der Waals surface area contributed by atoms with Gasteiger partial charge in [0.25, 0.3) is 0 Å². The lowest BCUT2D eigenvalue weighted by Gasteiger charge is -2.12. The Kier molecular flexibility index (Phi) is 7.26. The van der Waals surface area contributed by atoms with Gasteiger partial charge in [-0.25, -0.2) is 4.98 Å². The van der Waals surface area contributed by atoms with Crippen molar-refractivity contribution in [1.82, 2.24) is 15.6 Å². The first-order chi connectivity index (χ1) is 12.4. The number of thiazole rings is 1. The molecular weight excluding hydrogens is 365 g/mol. The molecule has 0 spiro atoms. The number of nitrogens with zero attached hydrogens (tertiary/aromatic N) is 2. The molecule has 2 aromatic rings. The third-order valence-corrected chi connectivity index (χ3v) is 4.57. The minimum Gasteiger partial charge on any atom is -0.492 e. The van der Waals surface area contributed by atoms with Gasteiger partial charge in [-0.05, 0) is 30.7 Å². The number of nitrogens with one attached hydrogen (secondary N) is 2. The van der Waals surface area contributed by atoms with E-state index in [1.807, 2.05) is 6.20 Å². The van der Waals surface area contributed by atoms with Gasteiger partial charge in [-0.3, -0.25) is 4.99 Å². The van der Waals surface area contributed by atoms with Crippen molar-refractivity contribution in [3.05, 3.63) is 45.9 Å². The largest absolute Gasteiger partial charge is 0.492 e. The van der Waals surface area contributed by atoms with Crippen molar-refractivity contribution in [3.63, 3.8) is 0 Å². The van der Waals surface area contributed by atoms with Gasteiger partial charge in [0.1, 0.15) is 17.4 Å². The molecule has 0 radical (unpaired) electrons. The predicted octanol–water partition coefficient (Wildman–Crippen LogP) is 3.47. The highest BCUT2D eigenvalue weighted by molar-refractivity contribution is 7.11. The summed E-state index contributed by atoms with van der Waals surface area (Å²) in [4.78, 5) is 9.66. The van der Waals surface area contributed by atoms with Crippen LogP contribution in [-0.4, -0.2) is 31.1 Å². The van der Waals surface area contributed by atoms with Gasteiger partial charge < -0.3 is 15.4 Å². The van der Waals surface area contributed by atoms with E-state index in [0.29, 0.717) is 31.4 Å². The van der Waals surface area contributed by atoms with E-state index < -0.39 is 11.7 Å². The van der Waals surface area contributed by atoms with Gasteiger partial charge in [0.15, 0.2) is 5.96 Å². The summed E-state index contributed by atoms with van der Waals surface area (Å²) in [7, 11) is 1.66. The van der Waals surface area contributed by atoms with E-state index in [-0.39, 0.29) is 0 Å². The number of alkyl halides is 3. The lowest BCUT2D eigenvalue weighted by Crippen LogP contribution is -2.38. The summed E-state index contributed by atoms with van der Waals surface area (Å²) < 4.78 is 42.9. The van der Waals surface area contributed by atoms with Crippen molar-refractivity contribution in [1.29, 1.82) is 0 Å². The highest BCUT2D eigenvalue weighted by Crippen LogP contribution is 2.30. The van der Waals surface area contributed by atoms with Crippen LogP contribution in [-0.2, 0) is 19.1 Å². The Morgan fingerprint density at radius 3 is 2.54 bits per heavy atom. The number of ether oxygens (including phenoxy) is 1. The maximum atomic E-state index is 12.5. The zero-order valence-electron chi connectivity index (χ0n) is 14.6. The minimum atomic E-state index is -4.34. The van der Waals surface area contributed by atoms with Gasteiger partial charge in [-0.2, -0.15) is 13.2 Å². The molecule has 0 saturated heterocycles. The van der Waals surface area contributed by atoms with Crippen molar-refractivity contribution < 1.29 is 17.9 Å². The molecule has 0 aliphatic carbocycles. The minimum absolute atomic E-state index is 0.295. The van der Waals surface area contributed by atoms with E-state index in [9.17, 15) is 13.2 Å². The third-order valence-electron chi connectivity index (χ3n) is 3.43. The number of guanidine groups is 1. The Morgan fingerprint density at radius 2 is 1.96 bits per heavy atom. The Morgan fingerprint density at radius 1 is 1.23 bits per heavy atom. The van der Waals surface area contributed by atoms with Crippen LogP contribution in [0, 0.1) is 0 Å². The number of rotatable bonds is 7. The topological polar surface area (TPSA) is 58.5 Å². The average molecular weight is 386 g/mol. The van der Waals surface area contributed by atoms with E-state index in [1.54, 1.807) is 18.4 Å². The average Bonchev–Trinajstić information content (AvgIpc) is 3.09. The van der Waals surface area contributed by atoms with Crippen LogP contribution >= 0.6 is 11.3 Å². The number of aromatic nitrogens is 1. The van der Waals surface area contributed by atoms with Crippen molar-refractivity contribution in [2.45, 2.75) is 26.1 Å². The van der Waals surface area contributed by atoms with Gasteiger partial charge in [0.05, 0.1) is 18.7 Å². The Balaban J connectivity index is 1.70. The molecule has 142 valence electrons. The van der Waals surface area contributed by atoms with Crippen LogP contribution in [0.4, 0.5) is 13.2 Å². The molecule has 0 amide bonds. The van der Waals surface area contributed by atoms with Crippen LogP contribution in [0.25, 0.3) is 0 Å². The highest BCUT2D eigenvalue weighted by Gasteiger charge is 2.29. The summed E-state index contributed by atoms with van der Waals surface area (Å²) in [5.41, 5.74) is -0.694. The van der Waals surface area contributed by atoms with Crippen LogP contribution in [0.5, 0.6) is 5.75 Å². The maximum Gasteiger partial charge on any atom is 0.416 e. The second kappa shape index (κ2) is 9.42. The maximum absolute atomic E-state index is 12.5.